The minimum atomic E-state index is -0.440. The molecule has 0 radical (unpaired) electrons. The molecule has 2 bridgehead atoms. The number of hydrogen-bond donors (Lipinski definition) is 1. The van der Waals surface area contributed by atoms with Gasteiger partial charge in [0, 0.05) is 17.3 Å². The largest absolute Gasteiger partial charge is 0.444 e. The third-order valence-corrected chi connectivity index (χ3v) is 4.38. The quantitative estimate of drug-likeness (QED) is 0.620. The van der Waals surface area contributed by atoms with Gasteiger partial charge in [0.1, 0.15) is 5.60 Å². The Bertz CT molecular complexity index is 305. The summed E-state index contributed by atoms with van der Waals surface area (Å²) >= 11 is 2.34. The van der Waals surface area contributed by atoms with Crippen LogP contribution in [0.15, 0.2) is 0 Å². The molecule has 2 heterocycles. The molecule has 2 aliphatic heterocycles. The highest BCUT2D eigenvalue weighted by molar-refractivity contribution is 14.1. The van der Waals surface area contributed by atoms with Gasteiger partial charge in [-0.3, -0.25) is 0 Å². The second kappa shape index (κ2) is 3.73. The van der Waals surface area contributed by atoms with Crippen molar-refractivity contribution in [1.29, 1.82) is 0 Å². The molecule has 1 N–H and O–H groups in total. The van der Waals surface area contributed by atoms with Crippen molar-refractivity contribution in [3.8, 4) is 0 Å². The van der Waals surface area contributed by atoms with Crippen LogP contribution in [0.1, 0.15) is 33.6 Å². The van der Waals surface area contributed by atoms with Crippen LogP contribution >= 0.6 is 22.6 Å². The highest BCUT2D eigenvalue weighted by atomic mass is 127. The number of rotatable bonds is 2. The Kier molecular flexibility index (Phi) is 2.89. The minimum absolute atomic E-state index is 0.0234. The number of hydrogen-bond acceptors (Lipinski definition) is 3. The molecular formula is C11H18INO3. The zero-order valence-electron chi connectivity index (χ0n) is 9.93. The van der Waals surface area contributed by atoms with Gasteiger partial charge in [0.15, 0.2) is 0 Å². The molecule has 3 fully saturated rings. The molecule has 3 rings (SSSR count). The topological polar surface area (TPSA) is 47.6 Å². The lowest BCUT2D eigenvalue weighted by molar-refractivity contribution is 0.0135. The van der Waals surface area contributed by atoms with Crippen molar-refractivity contribution in [2.45, 2.75) is 50.4 Å². The molecule has 3 aliphatic rings. The second-order valence-electron chi connectivity index (χ2n) is 5.87. The average Bonchev–Trinajstić information content (AvgIpc) is 2.55. The van der Waals surface area contributed by atoms with Gasteiger partial charge in [-0.2, -0.15) is 0 Å². The molecule has 0 atom stereocenters. The summed E-state index contributed by atoms with van der Waals surface area (Å²) in [6, 6.07) is 0. The Labute approximate surface area is 110 Å². The first-order valence-electron chi connectivity index (χ1n) is 5.49. The summed E-state index contributed by atoms with van der Waals surface area (Å²) in [6.07, 6.45) is 1.50. The van der Waals surface area contributed by atoms with Crippen molar-refractivity contribution in [3.05, 3.63) is 0 Å². The van der Waals surface area contributed by atoms with E-state index in [2.05, 4.69) is 27.9 Å². The number of alkyl halides is 1. The Hall–Kier alpha value is -0.0400. The maximum atomic E-state index is 11.6. The van der Waals surface area contributed by atoms with Crippen molar-refractivity contribution in [3.63, 3.8) is 0 Å². The number of carbonyl (C=O) groups is 1. The molecule has 1 amide bonds. The van der Waals surface area contributed by atoms with Crippen LogP contribution in [-0.2, 0) is 9.47 Å². The summed E-state index contributed by atoms with van der Waals surface area (Å²) in [7, 11) is 0. The molecule has 4 nitrogen and oxygen atoms in total. The zero-order valence-corrected chi connectivity index (χ0v) is 12.1. The van der Waals surface area contributed by atoms with Gasteiger partial charge in [-0.05, 0) is 20.8 Å². The number of carbonyl (C=O) groups excluding carboxylic acids is 1. The lowest BCUT2D eigenvalue weighted by atomic mass is 9.69. The van der Waals surface area contributed by atoms with Crippen LogP contribution in [0.5, 0.6) is 0 Å². The van der Waals surface area contributed by atoms with E-state index in [0.717, 1.165) is 17.3 Å². The monoisotopic (exact) mass is 339 g/mol. The van der Waals surface area contributed by atoms with Crippen LogP contribution in [-0.4, -0.2) is 33.9 Å². The van der Waals surface area contributed by atoms with E-state index in [0.29, 0.717) is 6.61 Å². The Morgan fingerprint density at radius 2 is 2.12 bits per heavy atom. The van der Waals surface area contributed by atoms with Gasteiger partial charge >= 0.3 is 6.09 Å². The Morgan fingerprint density at radius 3 is 2.56 bits per heavy atom. The number of amides is 1. The van der Waals surface area contributed by atoms with E-state index in [1.165, 1.54) is 0 Å². The first-order chi connectivity index (χ1) is 7.28. The third-order valence-electron chi connectivity index (χ3n) is 2.99. The van der Waals surface area contributed by atoms with Crippen molar-refractivity contribution in [2.24, 2.45) is 0 Å². The predicted octanol–water partition coefficient (Wildman–Crippen LogP) is 2.25. The fourth-order valence-corrected chi connectivity index (χ4v) is 3.21. The summed E-state index contributed by atoms with van der Waals surface area (Å²) < 4.78 is 12.0. The van der Waals surface area contributed by atoms with Crippen molar-refractivity contribution in [2.75, 3.05) is 11.0 Å². The average molecular weight is 339 g/mol. The molecule has 0 unspecified atom stereocenters. The molecule has 0 spiro atoms. The predicted molar refractivity (Wildman–Crippen MR) is 68.9 cm³/mol. The van der Waals surface area contributed by atoms with E-state index >= 15 is 0 Å². The van der Waals surface area contributed by atoms with Crippen molar-refractivity contribution in [1.82, 2.24) is 5.32 Å². The molecular weight excluding hydrogens is 321 g/mol. The standard InChI is InChI=1S/C11H18INO3/c1-9(2,3)16-8(14)13-10-4-11(5-10,6-12)15-7-10/h4-7H2,1-3H3,(H,13,14). The molecule has 92 valence electrons. The van der Waals surface area contributed by atoms with Gasteiger partial charge in [0.25, 0.3) is 0 Å². The van der Waals surface area contributed by atoms with Crippen LogP contribution in [0.2, 0.25) is 0 Å². The van der Waals surface area contributed by atoms with Gasteiger partial charge in [0.2, 0.25) is 0 Å². The molecule has 5 heteroatoms. The Morgan fingerprint density at radius 1 is 1.50 bits per heavy atom. The summed E-state index contributed by atoms with van der Waals surface area (Å²) in [6.45, 7) is 6.22. The molecule has 16 heavy (non-hydrogen) atoms. The highest BCUT2D eigenvalue weighted by Crippen LogP contribution is 2.52. The molecule has 1 aliphatic carbocycles. The smallest absolute Gasteiger partial charge is 0.408 e. The number of nitrogens with one attached hydrogen (secondary N) is 1. The third kappa shape index (κ3) is 2.30. The highest BCUT2D eigenvalue weighted by Gasteiger charge is 2.62. The van der Waals surface area contributed by atoms with E-state index in [4.69, 9.17) is 9.47 Å². The summed E-state index contributed by atoms with van der Waals surface area (Å²) in [5.74, 6) is 0. The van der Waals surface area contributed by atoms with Gasteiger partial charge in [0.05, 0.1) is 17.7 Å². The minimum Gasteiger partial charge on any atom is -0.444 e. The van der Waals surface area contributed by atoms with Crippen LogP contribution in [0.25, 0.3) is 0 Å². The summed E-state index contributed by atoms with van der Waals surface area (Å²) in [5.41, 5.74) is -0.576. The van der Waals surface area contributed by atoms with Crippen molar-refractivity contribution < 1.29 is 14.3 Å². The number of halogens is 1. The SMILES string of the molecule is CC(C)(C)OC(=O)NC12COC(CI)(C1)C2. The Balaban J connectivity index is 1.87. The maximum absolute atomic E-state index is 11.6. The van der Waals surface area contributed by atoms with Gasteiger partial charge < -0.3 is 14.8 Å². The first-order valence-corrected chi connectivity index (χ1v) is 7.02. The van der Waals surface area contributed by atoms with Crippen LogP contribution in [0, 0.1) is 0 Å². The molecule has 0 aromatic rings. The number of alkyl carbamates (subject to hydrolysis) is 1. The van der Waals surface area contributed by atoms with Gasteiger partial charge in [-0.15, -0.1) is 0 Å². The van der Waals surface area contributed by atoms with Crippen LogP contribution < -0.4 is 5.32 Å². The molecule has 2 saturated heterocycles. The van der Waals surface area contributed by atoms with Crippen LogP contribution in [0.4, 0.5) is 4.79 Å². The fraction of sp³-hybridized carbons (Fsp3) is 0.909. The summed E-state index contributed by atoms with van der Waals surface area (Å²) in [4.78, 5) is 11.6. The summed E-state index contributed by atoms with van der Waals surface area (Å²) in [5, 5.41) is 2.95. The zero-order chi connectivity index (χ0) is 12.0. The van der Waals surface area contributed by atoms with Gasteiger partial charge in [-0.1, -0.05) is 22.6 Å². The van der Waals surface area contributed by atoms with Gasteiger partial charge in [-0.25, -0.2) is 4.79 Å². The van der Waals surface area contributed by atoms with Crippen LogP contribution in [0.3, 0.4) is 0 Å². The molecule has 0 aromatic carbocycles. The second-order valence-corrected chi connectivity index (χ2v) is 6.63. The normalized spacial score (nSPS) is 36.8. The lowest BCUT2D eigenvalue weighted by Gasteiger charge is -2.43. The van der Waals surface area contributed by atoms with E-state index in [1.54, 1.807) is 0 Å². The molecule has 1 saturated carbocycles. The van der Waals surface area contributed by atoms with E-state index in [9.17, 15) is 4.79 Å². The van der Waals surface area contributed by atoms with E-state index < -0.39 is 5.60 Å². The fourth-order valence-electron chi connectivity index (χ4n) is 2.45. The maximum Gasteiger partial charge on any atom is 0.408 e. The number of ether oxygens (including phenoxy) is 2. The van der Waals surface area contributed by atoms with Crippen molar-refractivity contribution >= 4 is 28.7 Å². The first kappa shape index (κ1) is 12.4. The van der Waals surface area contributed by atoms with E-state index in [1.807, 2.05) is 20.8 Å². The molecule has 0 aromatic heterocycles. The number of fused-ring (bicyclic) bond motifs is 1. The van der Waals surface area contributed by atoms with E-state index in [-0.39, 0.29) is 17.2 Å². The lowest BCUT2D eigenvalue weighted by Crippen LogP contribution is -2.60.